The molecule has 1 aromatic heterocycles. The minimum absolute atomic E-state index is 0.0404. The van der Waals surface area contributed by atoms with E-state index in [0.717, 1.165) is 0 Å². The minimum atomic E-state index is -0.472. The van der Waals surface area contributed by atoms with Gasteiger partial charge < -0.3 is 10.2 Å². The molecule has 0 saturated heterocycles. The van der Waals surface area contributed by atoms with E-state index in [-0.39, 0.29) is 17.3 Å². The number of nitro groups is 1. The minimum Gasteiger partial charge on any atom is -0.452 e. The first kappa shape index (κ1) is 11.8. The van der Waals surface area contributed by atoms with Gasteiger partial charge >= 0.3 is 0 Å². The summed E-state index contributed by atoms with van der Waals surface area (Å²) in [6.07, 6.45) is 0. The Bertz CT molecular complexity index is 631. The van der Waals surface area contributed by atoms with Crippen LogP contribution in [0.15, 0.2) is 34.7 Å². The van der Waals surface area contributed by atoms with E-state index in [4.69, 9.17) is 15.6 Å². The van der Waals surface area contributed by atoms with E-state index >= 15 is 0 Å². The topological polar surface area (TPSA) is 106 Å². The molecule has 18 heavy (non-hydrogen) atoms. The summed E-state index contributed by atoms with van der Waals surface area (Å²) in [5.41, 5.74) is 6.37. The van der Waals surface area contributed by atoms with E-state index in [9.17, 15) is 10.1 Å². The SMILES string of the molecule is Cc1cc(-c2ccccc2[N+](=O)[O-])oc1C(=N)N. The quantitative estimate of drug-likeness (QED) is 0.375. The van der Waals surface area contributed by atoms with Crippen molar-refractivity contribution in [2.45, 2.75) is 6.92 Å². The molecule has 2 aromatic rings. The Kier molecular flexibility index (Phi) is 2.85. The zero-order chi connectivity index (χ0) is 13.3. The number of para-hydroxylation sites is 1. The number of nitrogens with zero attached hydrogens (tertiary/aromatic N) is 1. The average Bonchev–Trinajstić information content (AvgIpc) is 2.71. The Morgan fingerprint density at radius 2 is 2.11 bits per heavy atom. The number of hydrogen-bond acceptors (Lipinski definition) is 4. The molecule has 0 atom stereocenters. The van der Waals surface area contributed by atoms with Crippen molar-refractivity contribution < 1.29 is 9.34 Å². The number of aryl methyl sites for hydroxylation is 1. The second kappa shape index (κ2) is 4.33. The highest BCUT2D eigenvalue weighted by atomic mass is 16.6. The molecule has 0 aliphatic heterocycles. The van der Waals surface area contributed by atoms with Crippen LogP contribution in [0.2, 0.25) is 0 Å². The summed E-state index contributed by atoms with van der Waals surface area (Å²) in [6.45, 7) is 1.73. The Hall–Kier alpha value is -2.63. The van der Waals surface area contributed by atoms with Crippen molar-refractivity contribution in [3.05, 3.63) is 51.8 Å². The zero-order valence-corrected chi connectivity index (χ0v) is 9.64. The summed E-state index contributed by atoms with van der Waals surface area (Å²) in [6, 6.07) is 7.91. The second-order valence-corrected chi connectivity index (χ2v) is 3.81. The van der Waals surface area contributed by atoms with Crippen molar-refractivity contribution in [3.63, 3.8) is 0 Å². The number of nitro benzene ring substituents is 1. The van der Waals surface area contributed by atoms with Crippen LogP contribution in [0.25, 0.3) is 11.3 Å². The lowest BCUT2D eigenvalue weighted by Gasteiger charge is -1.98. The number of amidine groups is 1. The van der Waals surface area contributed by atoms with Crippen molar-refractivity contribution in [2.75, 3.05) is 0 Å². The van der Waals surface area contributed by atoms with Crippen LogP contribution in [-0.2, 0) is 0 Å². The summed E-state index contributed by atoms with van der Waals surface area (Å²) < 4.78 is 5.40. The van der Waals surface area contributed by atoms with Crippen molar-refractivity contribution >= 4 is 11.5 Å². The van der Waals surface area contributed by atoms with E-state index in [1.54, 1.807) is 31.2 Å². The molecular weight excluding hydrogens is 234 g/mol. The first-order valence-corrected chi connectivity index (χ1v) is 5.19. The number of benzene rings is 1. The fourth-order valence-electron chi connectivity index (χ4n) is 1.72. The lowest BCUT2D eigenvalue weighted by molar-refractivity contribution is -0.384. The predicted octanol–water partition coefficient (Wildman–Crippen LogP) is 2.45. The highest BCUT2D eigenvalue weighted by Gasteiger charge is 2.19. The highest BCUT2D eigenvalue weighted by Crippen LogP contribution is 2.32. The van der Waals surface area contributed by atoms with E-state index in [0.29, 0.717) is 16.9 Å². The largest absolute Gasteiger partial charge is 0.452 e. The van der Waals surface area contributed by atoms with E-state index in [1.807, 2.05) is 0 Å². The number of nitrogen functional groups attached to an aromatic ring is 1. The monoisotopic (exact) mass is 245 g/mol. The van der Waals surface area contributed by atoms with Gasteiger partial charge in [0.1, 0.15) is 5.76 Å². The lowest BCUT2D eigenvalue weighted by atomic mass is 10.1. The number of nitrogens with one attached hydrogen (secondary N) is 1. The van der Waals surface area contributed by atoms with E-state index in [2.05, 4.69) is 0 Å². The maximum Gasteiger partial charge on any atom is 0.280 e. The molecule has 0 spiro atoms. The van der Waals surface area contributed by atoms with Crippen LogP contribution in [0, 0.1) is 22.4 Å². The van der Waals surface area contributed by atoms with Gasteiger partial charge in [0.05, 0.1) is 10.5 Å². The molecule has 0 unspecified atom stereocenters. The van der Waals surface area contributed by atoms with E-state index < -0.39 is 4.92 Å². The highest BCUT2D eigenvalue weighted by molar-refractivity contribution is 5.94. The summed E-state index contributed by atoms with van der Waals surface area (Å²) in [4.78, 5) is 10.4. The summed E-state index contributed by atoms with van der Waals surface area (Å²) in [7, 11) is 0. The van der Waals surface area contributed by atoms with Gasteiger partial charge in [-0.05, 0) is 24.6 Å². The molecule has 0 amide bonds. The average molecular weight is 245 g/mol. The van der Waals surface area contributed by atoms with Crippen molar-refractivity contribution in [3.8, 4) is 11.3 Å². The van der Waals surface area contributed by atoms with Crippen LogP contribution >= 0.6 is 0 Å². The van der Waals surface area contributed by atoms with Gasteiger partial charge in [-0.15, -0.1) is 0 Å². The molecule has 92 valence electrons. The first-order valence-electron chi connectivity index (χ1n) is 5.19. The molecule has 0 radical (unpaired) electrons. The summed E-state index contributed by atoms with van der Waals surface area (Å²) in [5.74, 6) is 0.380. The van der Waals surface area contributed by atoms with E-state index in [1.165, 1.54) is 6.07 Å². The number of nitrogens with two attached hydrogens (primary N) is 1. The molecule has 0 fully saturated rings. The van der Waals surface area contributed by atoms with Crippen LogP contribution in [0.1, 0.15) is 11.3 Å². The number of hydrogen-bond donors (Lipinski definition) is 2. The van der Waals surface area contributed by atoms with Gasteiger partial charge in [-0.25, -0.2) is 0 Å². The number of furan rings is 1. The lowest BCUT2D eigenvalue weighted by Crippen LogP contribution is -2.10. The zero-order valence-electron chi connectivity index (χ0n) is 9.64. The van der Waals surface area contributed by atoms with Crippen molar-refractivity contribution in [1.82, 2.24) is 0 Å². The second-order valence-electron chi connectivity index (χ2n) is 3.81. The fourth-order valence-corrected chi connectivity index (χ4v) is 1.72. The van der Waals surface area contributed by atoms with Crippen molar-refractivity contribution in [2.24, 2.45) is 5.73 Å². The molecule has 0 bridgehead atoms. The molecule has 0 aliphatic carbocycles. The summed E-state index contributed by atoms with van der Waals surface area (Å²) in [5, 5.41) is 18.3. The maximum absolute atomic E-state index is 10.9. The smallest absolute Gasteiger partial charge is 0.280 e. The Morgan fingerprint density at radius 3 is 2.67 bits per heavy atom. The van der Waals surface area contributed by atoms with Crippen LogP contribution in [-0.4, -0.2) is 10.8 Å². The van der Waals surface area contributed by atoms with Crippen LogP contribution in [0.4, 0.5) is 5.69 Å². The van der Waals surface area contributed by atoms with Gasteiger partial charge in [-0.1, -0.05) is 12.1 Å². The fraction of sp³-hybridized carbons (Fsp3) is 0.0833. The van der Waals surface area contributed by atoms with Crippen LogP contribution in [0.5, 0.6) is 0 Å². The molecular formula is C12H11N3O3. The van der Waals surface area contributed by atoms with Crippen molar-refractivity contribution in [1.29, 1.82) is 5.41 Å². The Balaban J connectivity index is 2.59. The molecule has 1 aromatic carbocycles. The van der Waals surface area contributed by atoms with Gasteiger partial charge in [-0.3, -0.25) is 15.5 Å². The maximum atomic E-state index is 10.9. The predicted molar refractivity (Wildman–Crippen MR) is 66.6 cm³/mol. The van der Waals surface area contributed by atoms with Gasteiger partial charge in [0.15, 0.2) is 11.6 Å². The normalized spacial score (nSPS) is 10.3. The molecule has 6 heteroatoms. The number of rotatable bonds is 3. The third kappa shape index (κ3) is 1.95. The molecule has 3 N–H and O–H groups in total. The first-order chi connectivity index (χ1) is 8.50. The Labute approximate surface area is 103 Å². The summed E-state index contributed by atoms with van der Waals surface area (Å²) >= 11 is 0. The van der Waals surface area contributed by atoms with Crippen LogP contribution < -0.4 is 5.73 Å². The standard InChI is InChI=1S/C12H11N3O3/c1-7-6-10(18-11(7)12(13)14)8-4-2-3-5-9(8)15(16)17/h2-6H,1H3,(H3,13,14). The van der Waals surface area contributed by atoms with Crippen LogP contribution in [0.3, 0.4) is 0 Å². The van der Waals surface area contributed by atoms with Gasteiger partial charge in [0, 0.05) is 6.07 Å². The molecule has 2 rings (SSSR count). The molecule has 1 heterocycles. The third-order valence-electron chi connectivity index (χ3n) is 2.53. The third-order valence-corrected chi connectivity index (χ3v) is 2.53. The Morgan fingerprint density at radius 1 is 1.44 bits per heavy atom. The van der Waals surface area contributed by atoms with Gasteiger partial charge in [-0.2, -0.15) is 0 Å². The molecule has 0 saturated carbocycles. The molecule has 0 aliphatic rings. The van der Waals surface area contributed by atoms with Gasteiger partial charge in [0.2, 0.25) is 0 Å². The van der Waals surface area contributed by atoms with Gasteiger partial charge in [0.25, 0.3) is 5.69 Å². The molecule has 6 nitrogen and oxygen atoms in total.